The summed E-state index contributed by atoms with van der Waals surface area (Å²) in [6.07, 6.45) is 0.358. The van der Waals surface area contributed by atoms with E-state index in [1.54, 1.807) is 13.8 Å². The van der Waals surface area contributed by atoms with E-state index in [1.165, 1.54) is 4.31 Å². The third kappa shape index (κ3) is 2.68. The minimum absolute atomic E-state index is 0.0152. The maximum absolute atomic E-state index is 12.6. The van der Waals surface area contributed by atoms with Gasteiger partial charge in [0, 0.05) is 18.0 Å². The molecule has 0 aliphatic carbocycles. The van der Waals surface area contributed by atoms with Gasteiger partial charge in [0.2, 0.25) is 15.9 Å². The van der Waals surface area contributed by atoms with Crippen LogP contribution in [0, 0.1) is 12.3 Å². The lowest BCUT2D eigenvalue weighted by Crippen LogP contribution is -2.38. The number of primary amides is 1. The largest absolute Gasteiger partial charge is 0.477 e. The van der Waals surface area contributed by atoms with Gasteiger partial charge in [-0.15, -0.1) is 11.3 Å². The number of rotatable bonds is 4. The Labute approximate surface area is 126 Å². The molecule has 1 atom stereocenters. The number of nitrogens with zero attached hydrogens (tertiary/aromatic N) is 1. The Morgan fingerprint density at radius 2 is 2.10 bits per heavy atom. The van der Waals surface area contributed by atoms with Crippen molar-refractivity contribution in [1.29, 1.82) is 0 Å². The highest BCUT2D eigenvalue weighted by Gasteiger charge is 2.44. The molecule has 1 amide bonds. The number of carbonyl (C=O) groups excluding carboxylic acids is 1. The summed E-state index contributed by atoms with van der Waals surface area (Å²) in [6.45, 7) is 3.41. The fourth-order valence-corrected chi connectivity index (χ4v) is 5.25. The lowest BCUT2D eigenvalue weighted by molar-refractivity contribution is -0.126. The number of sulfonamides is 1. The van der Waals surface area contributed by atoms with Crippen molar-refractivity contribution in [2.75, 3.05) is 13.1 Å². The number of carboxylic acids is 1. The second-order valence-electron chi connectivity index (χ2n) is 5.35. The van der Waals surface area contributed by atoms with E-state index in [-0.39, 0.29) is 22.9 Å². The molecule has 0 bridgehead atoms. The van der Waals surface area contributed by atoms with Crippen LogP contribution in [0.3, 0.4) is 0 Å². The second-order valence-corrected chi connectivity index (χ2v) is 8.51. The van der Waals surface area contributed by atoms with E-state index in [0.717, 1.165) is 17.4 Å². The first-order valence-electron chi connectivity index (χ1n) is 6.22. The van der Waals surface area contributed by atoms with Gasteiger partial charge in [0.1, 0.15) is 4.88 Å². The van der Waals surface area contributed by atoms with Crippen molar-refractivity contribution in [3.63, 3.8) is 0 Å². The van der Waals surface area contributed by atoms with Gasteiger partial charge in [-0.2, -0.15) is 4.31 Å². The van der Waals surface area contributed by atoms with Gasteiger partial charge in [-0.3, -0.25) is 4.79 Å². The predicted molar refractivity (Wildman–Crippen MR) is 76.7 cm³/mol. The normalized spacial score (nSPS) is 23.3. The van der Waals surface area contributed by atoms with Crippen LogP contribution in [-0.4, -0.2) is 42.8 Å². The van der Waals surface area contributed by atoms with Crippen LogP contribution in [0.4, 0.5) is 0 Å². The van der Waals surface area contributed by atoms with Crippen molar-refractivity contribution in [3.8, 4) is 0 Å². The number of amides is 1. The van der Waals surface area contributed by atoms with Crippen molar-refractivity contribution in [3.05, 3.63) is 15.8 Å². The number of thiophene rings is 1. The molecule has 1 aliphatic rings. The van der Waals surface area contributed by atoms with Crippen LogP contribution in [0.15, 0.2) is 11.0 Å². The molecule has 3 N–H and O–H groups in total. The monoisotopic (exact) mass is 332 g/mol. The molecule has 1 aliphatic heterocycles. The fraction of sp³-hybridized carbons (Fsp3) is 0.500. The number of nitrogens with two attached hydrogens (primary N) is 1. The molecule has 7 nitrogen and oxygen atoms in total. The number of hydrogen-bond acceptors (Lipinski definition) is 5. The molecule has 21 heavy (non-hydrogen) atoms. The highest BCUT2D eigenvalue weighted by atomic mass is 32.2. The Bertz CT molecular complexity index is 709. The van der Waals surface area contributed by atoms with Crippen molar-refractivity contribution in [2.24, 2.45) is 11.1 Å². The topological polar surface area (TPSA) is 118 Å². The SMILES string of the molecule is Cc1sc(C(=O)O)cc1S(=O)(=O)N1CCC(C)(C(N)=O)C1. The molecule has 116 valence electrons. The zero-order valence-corrected chi connectivity index (χ0v) is 13.3. The summed E-state index contributed by atoms with van der Waals surface area (Å²) in [4.78, 5) is 22.7. The Hall–Kier alpha value is -1.45. The average Bonchev–Trinajstić information content (AvgIpc) is 2.94. The van der Waals surface area contributed by atoms with Crippen LogP contribution in [-0.2, 0) is 14.8 Å². The van der Waals surface area contributed by atoms with E-state index in [4.69, 9.17) is 10.8 Å². The molecule has 1 unspecified atom stereocenters. The Balaban J connectivity index is 2.36. The number of carbonyl (C=O) groups is 2. The summed E-state index contributed by atoms with van der Waals surface area (Å²) in [6, 6.07) is 1.16. The first-order chi connectivity index (χ1) is 9.58. The van der Waals surface area contributed by atoms with Crippen LogP contribution in [0.2, 0.25) is 0 Å². The average molecular weight is 332 g/mol. The Morgan fingerprint density at radius 1 is 1.48 bits per heavy atom. The van der Waals surface area contributed by atoms with Crippen molar-refractivity contribution < 1.29 is 23.1 Å². The molecule has 0 radical (unpaired) electrons. The van der Waals surface area contributed by atoms with Crippen molar-refractivity contribution in [2.45, 2.75) is 25.2 Å². The van der Waals surface area contributed by atoms with E-state index in [9.17, 15) is 18.0 Å². The Kier molecular flexibility index (Phi) is 3.85. The third-order valence-corrected chi connectivity index (χ3v) is 6.87. The number of carboxylic acid groups (broad SMARTS) is 1. The van der Waals surface area contributed by atoms with Crippen LogP contribution in [0.5, 0.6) is 0 Å². The fourth-order valence-electron chi connectivity index (χ4n) is 2.29. The molecule has 1 aromatic heterocycles. The molecule has 1 saturated heterocycles. The van der Waals surface area contributed by atoms with Crippen molar-refractivity contribution >= 4 is 33.2 Å². The van der Waals surface area contributed by atoms with Gasteiger partial charge in [-0.25, -0.2) is 13.2 Å². The number of aromatic carboxylic acids is 1. The maximum Gasteiger partial charge on any atom is 0.345 e. The molecule has 0 saturated carbocycles. The molecule has 2 heterocycles. The molecular formula is C12H16N2O5S2. The minimum Gasteiger partial charge on any atom is -0.477 e. The number of aryl methyl sites for hydroxylation is 1. The predicted octanol–water partition coefficient (Wildman–Crippen LogP) is 0.641. The van der Waals surface area contributed by atoms with E-state index in [0.29, 0.717) is 11.3 Å². The summed E-state index contributed by atoms with van der Waals surface area (Å²) in [7, 11) is -3.81. The van der Waals surface area contributed by atoms with Gasteiger partial charge >= 0.3 is 5.97 Å². The molecule has 0 aromatic carbocycles. The molecule has 9 heteroatoms. The summed E-state index contributed by atoms with van der Waals surface area (Å²) in [5.74, 6) is -1.69. The quantitative estimate of drug-likeness (QED) is 0.839. The molecule has 0 spiro atoms. The van der Waals surface area contributed by atoms with Crippen LogP contribution >= 0.6 is 11.3 Å². The van der Waals surface area contributed by atoms with E-state index < -0.39 is 27.3 Å². The zero-order chi connectivity index (χ0) is 16.0. The van der Waals surface area contributed by atoms with Gasteiger partial charge in [-0.05, 0) is 26.3 Å². The summed E-state index contributed by atoms with van der Waals surface area (Å²) in [5, 5.41) is 8.95. The van der Waals surface area contributed by atoms with Crippen LogP contribution < -0.4 is 5.73 Å². The minimum atomic E-state index is -3.81. The van der Waals surface area contributed by atoms with Gasteiger partial charge in [-0.1, -0.05) is 0 Å². The lowest BCUT2D eigenvalue weighted by atomic mass is 9.89. The smallest absolute Gasteiger partial charge is 0.345 e. The Morgan fingerprint density at radius 3 is 2.52 bits per heavy atom. The molecule has 1 fully saturated rings. The zero-order valence-electron chi connectivity index (χ0n) is 11.6. The molecule has 1 aromatic rings. The maximum atomic E-state index is 12.6. The third-order valence-electron chi connectivity index (χ3n) is 3.73. The van der Waals surface area contributed by atoms with E-state index in [2.05, 4.69) is 0 Å². The first kappa shape index (κ1) is 15.9. The van der Waals surface area contributed by atoms with Gasteiger partial charge < -0.3 is 10.8 Å². The van der Waals surface area contributed by atoms with E-state index in [1.807, 2.05) is 0 Å². The molecule has 2 rings (SSSR count). The summed E-state index contributed by atoms with van der Waals surface area (Å²) >= 11 is 0.917. The van der Waals surface area contributed by atoms with Crippen LogP contribution in [0.25, 0.3) is 0 Å². The lowest BCUT2D eigenvalue weighted by Gasteiger charge is -2.20. The van der Waals surface area contributed by atoms with Gasteiger partial charge in [0.25, 0.3) is 0 Å². The highest BCUT2D eigenvalue weighted by Crippen LogP contribution is 2.35. The summed E-state index contributed by atoms with van der Waals surface area (Å²) in [5.41, 5.74) is 4.43. The standard InChI is InChI=1S/C12H16N2O5S2/c1-7-9(5-8(20-7)10(15)16)21(18,19)14-4-3-12(2,6-14)11(13)17/h5H,3-4,6H2,1-2H3,(H2,13,17)(H,15,16). The second kappa shape index (κ2) is 5.08. The van der Waals surface area contributed by atoms with Gasteiger partial charge in [0.05, 0.1) is 10.3 Å². The molecular weight excluding hydrogens is 316 g/mol. The van der Waals surface area contributed by atoms with Crippen molar-refractivity contribution in [1.82, 2.24) is 4.31 Å². The number of hydrogen-bond donors (Lipinski definition) is 2. The summed E-state index contributed by atoms with van der Waals surface area (Å²) < 4.78 is 26.4. The van der Waals surface area contributed by atoms with Gasteiger partial charge in [0.15, 0.2) is 0 Å². The first-order valence-corrected chi connectivity index (χ1v) is 8.47. The van der Waals surface area contributed by atoms with Crippen LogP contribution in [0.1, 0.15) is 27.9 Å². The van der Waals surface area contributed by atoms with E-state index >= 15 is 0 Å². The highest BCUT2D eigenvalue weighted by molar-refractivity contribution is 7.89.